The van der Waals surface area contributed by atoms with E-state index >= 15 is 4.39 Å². The number of hydrogen-bond acceptors (Lipinski definition) is 5. The number of rotatable bonds is 7. The van der Waals surface area contributed by atoms with Gasteiger partial charge < -0.3 is 0 Å². The highest BCUT2D eigenvalue weighted by Crippen LogP contribution is 2.36. The number of sulfonamides is 1. The van der Waals surface area contributed by atoms with E-state index in [2.05, 4.69) is 9.82 Å². The van der Waals surface area contributed by atoms with E-state index in [0.29, 0.717) is 24.9 Å². The van der Waals surface area contributed by atoms with Gasteiger partial charge >= 0.3 is 5.69 Å². The fourth-order valence-corrected chi connectivity index (χ4v) is 5.46. The van der Waals surface area contributed by atoms with E-state index in [-0.39, 0.29) is 23.4 Å². The summed E-state index contributed by atoms with van der Waals surface area (Å²) in [6, 6.07) is 2.06. The van der Waals surface area contributed by atoms with Crippen molar-refractivity contribution < 1.29 is 12.8 Å². The standard InChI is InChI=1S/C21H24FN5O4S/c1-21(5-6-21)24-32(30,31)18-7-15-17(8-16(18)22)26(11-13-3-4-13)20(29)27(19(15)28)12-14-9-23-25(2)10-14/h7-10,13,24H,3-6,11-12H2,1-2H3. The maximum absolute atomic E-state index is 15.0. The Labute approximate surface area is 183 Å². The first-order valence-corrected chi connectivity index (χ1v) is 12.0. The molecule has 0 spiro atoms. The fraction of sp³-hybridized carbons (Fsp3) is 0.476. The molecule has 2 aliphatic carbocycles. The normalized spacial score (nSPS) is 17.7. The van der Waals surface area contributed by atoms with Crippen molar-refractivity contribution in [2.45, 2.75) is 56.1 Å². The number of benzene rings is 1. The minimum Gasteiger partial charge on any atom is -0.293 e. The lowest BCUT2D eigenvalue weighted by Crippen LogP contribution is -2.41. The van der Waals surface area contributed by atoms with Gasteiger partial charge in [0.05, 0.1) is 23.6 Å². The zero-order chi connectivity index (χ0) is 22.8. The van der Waals surface area contributed by atoms with E-state index < -0.39 is 37.5 Å². The maximum atomic E-state index is 15.0. The van der Waals surface area contributed by atoms with Crippen LogP contribution in [0, 0.1) is 11.7 Å². The second-order valence-electron chi connectivity index (χ2n) is 9.22. The van der Waals surface area contributed by atoms with Gasteiger partial charge in [0.1, 0.15) is 10.7 Å². The first-order valence-electron chi connectivity index (χ1n) is 10.5. The van der Waals surface area contributed by atoms with Gasteiger partial charge in [-0.1, -0.05) is 0 Å². The monoisotopic (exact) mass is 461 g/mol. The smallest absolute Gasteiger partial charge is 0.293 e. The van der Waals surface area contributed by atoms with Crippen molar-refractivity contribution in [2.75, 3.05) is 0 Å². The van der Waals surface area contributed by atoms with Crippen molar-refractivity contribution >= 4 is 20.9 Å². The summed E-state index contributed by atoms with van der Waals surface area (Å²) in [4.78, 5) is 25.9. The average molecular weight is 462 g/mol. The van der Waals surface area contributed by atoms with Gasteiger partial charge in [0.2, 0.25) is 10.0 Å². The van der Waals surface area contributed by atoms with Crippen molar-refractivity contribution in [3.8, 4) is 0 Å². The van der Waals surface area contributed by atoms with Gasteiger partial charge in [-0.05, 0) is 50.7 Å². The third kappa shape index (κ3) is 3.79. The molecule has 2 heterocycles. The van der Waals surface area contributed by atoms with Gasteiger partial charge in [-0.3, -0.25) is 18.6 Å². The predicted octanol–water partition coefficient (Wildman–Crippen LogP) is 1.32. The molecular weight excluding hydrogens is 437 g/mol. The summed E-state index contributed by atoms with van der Waals surface area (Å²) < 4.78 is 47.2. The minimum absolute atomic E-state index is 0.00290. The van der Waals surface area contributed by atoms with Crippen LogP contribution >= 0.6 is 0 Å². The fourth-order valence-electron chi connectivity index (χ4n) is 3.90. The van der Waals surface area contributed by atoms with Crippen LogP contribution in [0.5, 0.6) is 0 Å². The summed E-state index contributed by atoms with van der Waals surface area (Å²) in [6.07, 6.45) is 6.49. The lowest BCUT2D eigenvalue weighted by Gasteiger charge is -2.16. The molecule has 2 saturated carbocycles. The first-order chi connectivity index (χ1) is 15.1. The van der Waals surface area contributed by atoms with Crippen LogP contribution in [0.4, 0.5) is 4.39 Å². The lowest BCUT2D eigenvalue weighted by molar-refractivity contribution is 0.538. The van der Waals surface area contributed by atoms with Crippen LogP contribution in [0.2, 0.25) is 0 Å². The molecule has 5 rings (SSSR count). The highest BCUT2D eigenvalue weighted by atomic mass is 32.2. The molecule has 9 nitrogen and oxygen atoms in total. The Kier molecular flexibility index (Phi) is 4.68. The molecule has 0 unspecified atom stereocenters. The molecule has 11 heteroatoms. The zero-order valence-corrected chi connectivity index (χ0v) is 18.7. The highest BCUT2D eigenvalue weighted by molar-refractivity contribution is 7.89. The number of aryl methyl sites for hydroxylation is 1. The molecule has 0 radical (unpaired) electrons. The van der Waals surface area contributed by atoms with Crippen LogP contribution in [-0.4, -0.2) is 32.9 Å². The van der Waals surface area contributed by atoms with Crippen molar-refractivity contribution in [1.29, 1.82) is 0 Å². The van der Waals surface area contributed by atoms with Gasteiger partial charge in [0.25, 0.3) is 5.56 Å². The van der Waals surface area contributed by atoms with Crippen LogP contribution < -0.4 is 16.0 Å². The topological polar surface area (TPSA) is 108 Å². The third-order valence-electron chi connectivity index (χ3n) is 6.19. The van der Waals surface area contributed by atoms with E-state index in [1.807, 2.05) is 0 Å². The van der Waals surface area contributed by atoms with Crippen LogP contribution in [0.15, 0.2) is 39.0 Å². The van der Waals surface area contributed by atoms with Gasteiger partial charge in [-0.25, -0.2) is 22.3 Å². The summed E-state index contributed by atoms with van der Waals surface area (Å²) in [5.74, 6) is -0.703. The number of fused-ring (bicyclic) bond motifs is 1. The Bertz CT molecular complexity index is 1460. The van der Waals surface area contributed by atoms with E-state index in [4.69, 9.17) is 0 Å². The molecule has 170 valence electrons. The zero-order valence-electron chi connectivity index (χ0n) is 17.8. The molecule has 2 fully saturated rings. The summed E-state index contributed by atoms with van der Waals surface area (Å²) in [5.41, 5.74) is -1.02. The van der Waals surface area contributed by atoms with Crippen LogP contribution in [0.25, 0.3) is 10.9 Å². The molecule has 32 heavy (non-hydrogen) atoms. The molecular formula is C21H24FN5O4S. The second kappa shape index (κ2) is 7.11. The molecule has 0 saturated heterocycles. The Hall–Kier alpha value is -2.79. The lowest BCUT2D eigenvalue weighted by atomic mass is 10.2. The summed E-state index contributed by atoms with van der Waals surface area (Å²) in [6.45, 7) is 2.09. The molecule has 0 aliphatic heterocycles. The molecule has 3 aromatic rings. The van der Waals surface area contributed by atoms with E-state index in [0.717, 1.165) is 29.5 Å². The molecule has 0 amide bonds. The quantitative estimate of drug-likeness (QED) is 0.571. The first kappa shape index (κ1) is 21.1. The Morgan fingerprint density at radius 3 is 2.53 bits per heavy atom. The van der Waals surface area contributed by atoms with Crippen LogP contribution in [0.3, 0.4) is 0 Å². The summed E-state index contributed by atoms with van der Waals surface area (Å²) >= 11 is 0. The average Bonchev–Trinajstić information content (AvgIpc) is 3.63. The van der Waals surface area contributed by atoms with Crippen molar-refractivity contribution in [3.05, 3.63) is 56.7 Å². The van der Waals surface area contributed by atoms with E-state index in [9.17, 15) is 18.0 Å². The summed E-state index contributed by atoms with van der Waals surface area (Å²) in [7, 11) is -2.44. The number of nitrogens with zero attached hydrogens (tertiary/aromatic N) is 4. The second-order valence-corrected chi connectivity index (χ2v) is 10.9. The molecule has 2 aliphatic rings. The minimum atomic E-state index is -4.17. The van der Waals surface area contributed by atoms with Gasteiger partial charge in [0.15, 0.2) is 0 Å². The summed E-state index contributed by atoms with van der Waals surface area (Å²) in [5, 5.41) is 4.07. The van der Waals surface area contributed by atoms with Crippen LogP contribution in [0.1, 0.15) is 38.2 Å². The molecule has 2 aromatic heterocycles. The number of aromatic nitrogens is 4. The van der Waals surface area contributed by atoms with Crippen molar-refractivity contribution in [2.24, 2.45) is 13.0 Å². The van der Waals surface area contributed by atoms with Gasteiger partial charge in [-0.2, -0.15) is 5.10 Å². The Balaban J connectivity index is 1.71. The molecule has 1 aromatic carbocycles. The predicted molar refractivity (Wildman–Crippen MR) is 115 cm³/mol. The number of nitrogens with one attached hydrogen (secondary N) is 1. The third-order valence-corrected chi connectivity index (χ3v) is 7.84. The van der Waals surface area contributed by atoms with Crippen molar-refractivity contribution in [1.82, 2.24) is 23.6 Å². The molecule has 0 bridgehead atoms. The maximum Gasteiger partial charge on any atom is 0.331 e. The largest absolute Gasteiger partial charge is 0.331 e. The SMILES string of the molecule is Cn1cc(Cn2c(=O)c3cc(S(=O)(=O)NC4(C)CC4)c(F)cc3n(CC3CC3)c2=O)cn1. The number of hydrogen-bond donors (Lipinski definition) is 1. The Morgan fingerprint density at radius 1 is 1.22 bits per heavy atom. The van der Waals surface area contributed by atoms with E-state index in [1.54, 1.807) is 31.0 Å². The van der Waals surface area contributed by atoms with Crippen LogP contribution in [-0.2, 0) is 30.2 Å². The molecule has 1 N–H and O–H groups in total. The molecule has 0 atom stereocenters. The number of halogens is 1. The van der Waals surface area contributed by atoms with E-state index in [1.165, 1.54) is 4.57 Å². The Morgan fingerprint density at radius 2 is 1.94 bits per heavy atom. The highest BCUT2D eigenvalue weighted by Gasteiger charge is 2.42. The van der Waals surface area contributed by atoms with Crippen molar-refractivity contribution in [3.63, 3.8) is 0 Å². The van der Waals surface area contributed by atoms with Gasteiger partial charge in [-0.15, -0.1) is 0 Å². The van der Waals surface area contributed by atoms with Gasteiger partial charge in [0, 0.05) is 30.9 Å².